The molecule has 0 N–H and O–H groups in total. The summed E-state index contributed by atoms with van der Waals surface area (Å²) < 4.78 is 5.07. The van der Waals surface area contributed by atoms with Crippen LogP contribution in [0.1, 0.15) is 11.5 Å². The number of hydrogen-bond donors (Lipinski definition) is 0. The molecular formula is C36H24N2S. The molecule has 1 aliphatic heterocycles. The fourth-order valence-electron chi connectivity index (χ4n) is 6.83. The molecule has 2 unspecified atom stereocenters. The number of hydrogen-bond acceptors (Lipinski definition) is 2. The van der Waals surface area contributed by atoms with Crippen molar-refractivity contribution in [3.63, 3.8) is 0 Å². The second-order valence-electron chi connectivity index (χ2n) is 10.5. The smallest absolute Gasteiger partial charge is 0.0629 e. The number of thiophene rings is 1. The molecule has 39 heavy (non-hydrogen) atoms. The fraction of sp³-hybridized carbons (Fsp3) is 0.0556. The van der Waals surface area contributed by atoms with E-state index in [9.17, 15) is 0 Å². The first kappa shape index (κ1) is 21.3. The average molecular weight is 517 g/mol. The van der Waals surface area contributed by atoms with Gasteiger partial charge in [-0.1, -0.05) is 78.9 Å². The van der Waals surface area contributed by atoms with Gasteiger partial charge in [0, 0.05) is 53.9 Å². The third-order valence-corrected chi connectivity index (χ3v) is 9.66. The molecule has 0 radical (unpaired) electrons. The molecule has 0 spiro atoms. The highest BCUT2D eigenvalue weighted by molar-refractivity contribution is 7.25. The predicted molar refractivity (Wildman–Crippen MR) is 167 cm³/mol. The SMILES string of the molecule is C1=CC2c3ccccc3N(c3ccc4sc5ccc(-n6c7ccccc7c7ccccc76)cc5c4c3)C2C=C1. The Labute approximate surface area is 230 Å². The Kier molecular flexibility index (Phi) is 4.35. The summed E-state index contributed by atoms with van der Waals surface area (Å²) in [4.78, 5) is 2.53. The molecule has 5 aromatic carbocycles. The van der Waals surface area contributed by atoms with E-state index in [0.717, 1.165) is 0 Å². The summed E-state index contributed by atoms with van der Waals surface area (Å²) in [6, 6.07) is 40.6. The number of rotatable bonds is 2. The molecule has 1 aliphatic carbocycles. The van der Waals surface area contributed by atoms with Crippen LogP contribution in [0.25, 0.3) is 47.7 Å². The standard InChI is InChI=1S/C36H24N2S/c1-5-13-31-25(9-1)26-10-2-6-14-32(26)37(31)23-17-19-35-29(21-23)30-22-24(18-20-36(30)39-35)38-33-15-7-3-11-27(33)28-12-4-8-16-34(28)38/h1-22,25,31H. The van der Waals surface area contributed by atoms with Crippen molar-refractivity contribution < 1.29 is 0 Å². The van der Waals surface area contributed by atoms with Crippen molar-refractivity contribution in [2.24, 2.45) is 0 Å². The van der Waals surface area contributed by atoms with Gasteiger partial charge in [0.15, 0.2) is 0 Å². The Balaban J connectivity index is 1.26. The van der Waals surface area contributed by atoms with Gasteiger partial charge in [0.1, 0.15) is 0 Å². The molecule has 2 nitrogen and oxygen atoms in total. The monoisotopic (exact) mass is 516 g/mol. The Hall–Kier alpha value is -4.60. The number of benzene rings is 5. The quantitative estimate of drug-likeness (QED) is 0.222. The van der Waals surface area contributed by atoms with E-state index in [0.29, 0.717) is 12.0 Å². The van der Waals surface area contributed by atoms with Gasteiger partial charge in [0.05, 0.1) is 17.1 Å². The van der Waals surface area contributed by atoms with Crippen molar-refractivity contribution >= 4 is 64.7 Å². The highest BCUT2D eigenvalue weighted by Gasteiger charge is 2.37. The molecule has 9 rings (SSSR count). The third kappa shape index (κ3) is 2.96. The van der Waals surface area contributed by atoms with E-state index in [-0.39, 0.29) is 0 Å². The van der Waals surface area contributed by atoms with Crippen LogP contribution in [0.15, 0.2) is 133 Å². The van der Waals surface area contributed by atoms with E-state index in [4.69, 9.17) is 0 Å². The van der Waals surface area contributed by atoms with E-state index in [1.807, 2.05) is 11.3 Å². The van der Waals surface area contributed by atoms with E-state index >= 15 is 0 Å². The van der Waals surface area contributed by atoms with Crippen molar-refractivity contribution in [3.8, 4) is 5.69 Å². The lowest BCUT2D eigenvalue weighted by molar-refractivity contribution is 0.745. The van der Waals surface area contributed by atoms with Crippen LogP contribution in [0.2, 0.25) is 0 Å². The maximum atomic E-state index is 2.53. The molecule has 2 aliphatic rings. The maximum absolute atomic E-state index is 2.53. The van der Waals surface area contributed by atoms with Crippen molar-refractivity contribution in [1.29, 1.82) is 0 Å². The third-order valence-electron chi connectivity index (χ3n) is 8.51. The normalized spacial score (nSPS) is 18.0. The first-order chi connectivity index (χ1) is 19.3. The largest absolute Gasteiger partial charge is 0.333 e. The maximum Gasteiger partial charge on any atom is 0.0629 e. The first-order valence-electron chi connectivity index (χ1n) is 13.5. The molecule has 0 bridgehead atoms. The molecule has 2 atom stereocenters. The highest BCUT2D eigenvalue weighted by atomic mass is 32.1. The molecule has 0 amide bonds. The lowest BCUT2D eigenvalue weighted by Crippen LogP contribution is -2.28. The number of nitrogens with zero attached hydrogens (tertiary/aromatic N) is 2. The molecular weight excluding hydrogens is 492 g/mol. The molecule has 184 valence electrons. The zero-order chi connectivity index (χ0) is 25.5. The molecule has 2 aromatic heterocycles. The van der Waals surface area contributed by atoms with Crippen molar-refractivity contribution in [1.82, 2.24) is 4.57 Å². The minimum absolute atomic E-state index is 0.308. The van der Waals surface area contributed by atoms with Gasteiger partial charge in [-0.25, -0.2) is 0 Å². The summed E-state index contributed by atoms with van der Waals surface area (Å²) >= 11 is 1.88. The van der Waals surface area contributed by atoms with E-state index in [2.05, 4.69) is 143 Å². The topological polar surface area (TPSA) is 8.17 Å². The molecule has 7 aromatic rings. The van der Waals surface area contributed by atoms with Crippen LogP contribution in [0.3, 0.4) is 0 Å². The second-order valence-corrected chi connectivity index (χ2v) is 11.6. The number of allylic oxidation sites excluding steroid dienone is 2. The molecule has 0 saturated heterocycles. The van der Waals surface area contributed by atoms with Gasteiger partial charge in [-0.05, 0) is 60.2 Å². The summed E-state index contributed by atoms with van der Waals surface area (Å²) in [5.41, 5.74) is 7.67. The first-order valence-corrected chi connectivity index (χ1v) is 14.3. The summed E-state index contributed by atoms with van der Waals surface area (Å²) in [5, 5.41) is 5.23. The van der Waals surface area contributed by atoms with Crippen LogP contribution < -0.4 is 4.90 Å². The zero-order valence-corrected chi connectivity index (χ0v) is 22.0. The number of anilines is 2. The van der Waals surface area contributed by atoms with Gasteiger partial charge in [0.2, 0.25) is 0 Å². The van der Waals surface area contributed by atoms with Crippen LogP contribution in [0, 0.1) is 0 Å². The lowest BCUT2D eigenvalue weighted by Gasteiger charge is -2.28. The predicted octanol–water partition coefficient (Wildman–Crippen LogP) is 9.88. The zero-order valence-electron chi connectivity index (χ0n) is 21.2. The van der Waals surface area contributed by atoms with Crippen LogP contribution in [-0.2, 0) is 0 Å². The molecule has 0 saturated carbocycles. The van der Waals surface area contributed by atoms with Gasteiger partial charge in [0.25, 0.3) is 0 Å². The molecule has 3 heteroatoms. The van der Waals surface area contributed by atoms with E-state index in [1.165, 1.54) is 64.6 Å². The Bertz CT molecular complexity index is 2110. The van der Waals surface area contributed by atoms with Crippen molar-refractivity contribution in [2.45, 2.75) is 12.0 Å². The van der Waals surface area contributed by atoms with E-state index in [1.54, 1.807) is 0 Å². The Morgan fingerprint density at radius 2 is 1.15 bits per heavy atom. The van der Waals surface area contributed by atoms with Crippen LogP contribution in [0.5, 0.6) is 0 Å². The molecule has 3 heterocycles. The second kappa shape index (κ2) is 7.95. The minimum Gasteiger partial charge on any atom is -0.333 e. The van der Waals surface area contributed by atoms with Crippen molar-refractivity contribution in [2.75, 3.05) is 4.90 Å². The van der Waals surface area contributed by atoms with E-state index < -0.39 is 0 Å². The lowest BCUT2D eigenvalue weighted by atomic mass is 9.91. The van der Waals surface area contributed by atoms with Gasteiger partial charge in [-0.3, -0.25) is 0 Å². The highest BCUT2D eigenvalue weighted by Crippen LogP contribution is 2.48. The van der Waals surface area contributed by atoms with Crippen LogP contribution in [0.4, 0.5) is 11.4 Å². The van der Waals surface area contributed by atoms with Gasteiger partial charge in [-0.2, -0.15) is 0 Å². The summed E-state index contributed by atoms with van der Waals surface area (Å²) in [5.74, 6) is 0.392. The summed E-state index contributed by atoms with van der Waals surface area (Å²) in [6.07, 6.45) is 9.07. The fourth-order valence-corrected chi connectivity index (χ4v) is 7.90. The number of fused-ring (bicyclic) bond motifs is 9. The van der Waals surface area contributed by atoms with Crippen LogP contribution in [-0.4, -0.2) is 10.6 Å². The number of para-hydroxylation sites is 3. The number of aromatic nitrogens is 1. The molecule has 0 fully saturated rings. The van der Waals surface area contributed by atoms with Crippen molar-refractivity contribution in [3.05, 3.63) is 139 Å². The van der Waals surface area contributed by atoms with Crippen LogP contribution >= 0.6 is 11.3 Å². The Morgan fingerprint density at radius 3 is 1.92 bits per heavy atom. The van der Waals surface area contributed by atoms with Gasteiger partial charge >= 0.3 is 0 Å². The summed E-state index contributed by atoms with van der Waals surface area (Å²) in [6.45, 7) is 0. The average Bonchev–Trinajstić information content (AvgIpc) is 3.64. The minimum atomic E-state index is 0.308. The summed E-state index contributed by atoms with van der Waals surface area (Å²) in [7, 11) is 0. The Morgan fingerprint density at radius 1 is 0.538 bits per heavy atom. The van der Waals surface area contributed by atoms with Gasteiger partial charge < -0.3 is 9.47 Å². The van der Waals surface area contributed by atoms with Gasteiger partial charge in [-0.15, -0.1) is 11.3 Å².